The van der Waals surface area contributed by atoms with Crippen LogP contribution in [0.3, 0.4) is 0 Å². The van der Waals surface area contributed by atoms with Gasteiger partial charge in [-0.2, -0.15) is 0 Å². The highest BCUT2D eigenvalue weighted by atomic mass is 35.5. The molecule has 134 valence electrons. The van der Waals surface area contributed by atoms with E-state index in [1.807, 2.05) is 17.5 Å². The summed E-state index contributed by atoms with van der Waals surface area (Å²) in [6, 6.07) is 11.2. The molecule has 2 amide bonds. The summed E-state index contributed by atoms with van der Waals surface area (Å²) in [6.45, 7) is 1.77. The molecule has 8 heteroatoms. The van der Waals surface area contributed by atoms with E-state index >= 15 is 0 Å². The number of rotatable bonds is 6. The zero-order valence-corrected chi connectivity index (χ0v) is 15.9. The van der Waals surface area contributed by atoms with Crippen molar-refractivity contribution in [1.82, 2.24) is 10.6 Å². The normalized spacial score (nSPS) is 16.1. The molecular weight excluding hydrogens is 378 g/mol. The average Bonchev–Trinajstić information content (AvgIpc) is 3.27. The highest BCUT2D eigenvalue weighted by molar-refractivity contribution is 8.01. The summed E-state index contributed by atoms with van der Waals surface area (Å²) >= 11 is 3.14. The van der Waals surface area contributed by atoms with Crippen LogP contribution in [0.2, 0.25) is 0 Å². The first-order valence-electron chi connectivity index (χ1n) is 7.78. The maximum Gasteiger partial charge on any atom is 0.251 e. The van der Waals surface area contributed by atoms with Crippen LogP contribution in [0, 0.1) is 0 Å². The molecule has 1 aliphatic heterocycles. The first-order chi connectivity index (χ1) is 11.7. The minimum absolute atomic E-state index is 0. The third-order valence-corrected chi connectivity index (χ3v) is 5.80. The Morgan fingerprint density at radius 1 is 1.24 bits per heavy atom. The summed E-state index contributed by atoms with van der Waals surface area (Å²) < 4.78 is 1.12. The van der Waals surface area contributed by atoms with Crippen LogP contribution in [0.25, 0.3) is 0 Å². The van der Waals surface area contributed by atoms with Crippen molar-refractivity contribution in [1.29, 1.82) is 0 Å². The smallest absolute Gasteiger partial charge is 0.251 e. The average molecular weight is 398 g/mol. The minimum atomic E-state index is -0.0742. The third kappa shape index (κ3) is 6.04. The number of hydrogen-bond acceptors (Lipinski definition) is 5. The van der Waals surface area contributed by atoms with E-state index in [1.165, 1.54) is 11.8 Å². The van der Waals surface area contributed by atoms with E-state index in [2.05, 4.69) is 16.0 Å². The second kappa shape index (κ2) is 9.82. The summed E-state index contributed by atoms with van der Waals surface area (Å²) in [6.07, 6.45) is 0.960. The highest BCUT2D eigenvalue weighted by Gasteiger charge is 2.17. The van der Waals surface area contributed by atoms with Crippen LogP contribution in [-0.4, -0.2) is 36.7 Å². The molecule has 0 radical (unpaired) electrons. The Hall–Kier alpha value is -1.54. The molecule has 1 aromatic heterocycles. The van der Waals surface area contributed by atoms with Gasteiger partial charge in [0.1, 0.15) is 0 Å². The SMILES string of the molecule is Cl.O=C(CSc1cccs1)Nc1ccc(C(=O)NC2CCNC2)cc1. The molecule has 2 aromatic rings. The minimum Gasteiger partial charge on any atom is -0.348 e. The lowest BCUT2D eigenvalue weighted by molar-refractivity contribution is -0.113. The van der Waals surface area contributed by atoms with Crippen LogP contribution in [0.4, 0.5) is 5.69 Å². The molecule has 1 atom stereocenters. The lowest BCUT2D eigenvalue weighted by Crippen LogP contribution is -2.36. The maximum atomic E-state index is 12.1. The van der Waals surface area contributed by atoms with Crippen molar-refractivity contribution in [3.8, 4) is 0 Å². The Bertz CT molecular complexity index is 686. The second-order valence-corrected chi connectivity index (χ2v) is 7.73. The third-order valence-electron chi connectivity index (χ3n) is 3.67. The van der Waals surface area contributed by atoms with Gasteiger partial charge in [-0.05, 0) is 48.7 Å². The molecule has 5 nitrogen and oxygen atoms in total. The summed E-state index contributed by atoms with van der Waals surface area (Å²) in [4.78, 5) is 24.1. The number of amides is 2. The highest BCUT2D eigenvalue weighted by Crippen LogP contribution is 2.23. The largest absolute Gasteiger partial charge is 0.348 e. The van der Waals surface area contributed by atoms with Gasteiger partial charge < -0.3 is 16.0 Å². The van der Waals surface area contributed by atoms with Crippen molar-refractivity contribution >= 4 is 53.0 Å². The van der Waals surface area contributed by atoms with Crippen LogP contribution in [-0.2, 0) is 4.79 Å². The van der Waals surface area contributed by atoms with Crippen molar-refractivity contribution in [3.05, 3.63) is 47.3 Å². The van der Waals surface area contributed by atoms with E-state index < -0.39 is 0 Å². The summed E-state index contributed by atoms with van der Waals surface area (Å²) in [5, 5.41) is 11.1. The molecule has 1 aliphatic rings. The van der Waals surface area contributed by atoms with Crippen molar-refractivity contribution in [2.24, 2.45) is 0 Å². The number of hydrogen-bond donors (Lipinski definition) is 3. The van der Waals surface area contributed by atoms with Crippen LogP contribution in [0.5, 0.6) is 0 Å². The van der Waals surface area contributed by atoms with Crippen LogP contribution in [0.15, 0.2) is 46.0 Å². The van der Waals surface area contributed by atoms with E-state index in [0.29, 0.717) is 17.0 Å². The van der Waals surface area contributed by atoms with Gasteiger partial charge in [-0.25, -0.2) is 0 Å². The molecule has 0 aliphatic carbocycles. The number of carbonyl (C=O) groups excluding carboxylic acids is 2. The van der Waals surface area contributed by atoms with Crippen molar-refractivity contribution in [2.75, 3.05) is 24.2 Å². The molecule has 1 fully saturated rings. The number of thioether (sulfide) groups is 1. The van der Waals surface area contributed by atoms with Gasteiger partial charge in [0.15, 0.2) is 0 Å². The van der Waals surface area contributed by atoms with Crippen molar-refractivity contribution in [3.63, 3.8) is 0 Å². The monoisotopic (exact) mass is 397 g/mol. The standard InChI is InChI=1S/C17H19N3O2S2.ClH/c21-15(11-24-16-2-1-9-23-16)19-13-5-3-12(4-6-13)17(22)20-14-7-8-18-10-14;/h1-6,9,14,18H,7-8,10-11H2,(H,19,21)(H,20,22);1H. The van der Waals surface area contributed by atoms with Crippen molar-refractivity contribution < 1.29 is 9.59 Å². The fraction of sp³-hybridized carbons (Fsp3) is 0.294. The van der Waals surface area contributed by atoms with Crippen LogP contribution >= 0.6 is 35.5 Å². The van der Waals surface area contributed by atoms with Gasteiger partial charge in [-0.15, -0.1) is 35.5 Å². The number of benzene rings is 1. The molecule has 1 saturated heterocycles. The van der Waals surface area contributed by atoms with Gasteiger partial charge in [-0.3, -0.25) is 9.59 Å². The predicted molar refractivity (Wildman–Crippen MR) is 106 cm³/mol. The van der Waals surface area contributed by atoms with E-state index in [1.54, 1.807) is 35.6 Å². The topological polar surface area (TPSA) is 70.2 Å². The molecule has 1 unspecified atom stereocenters. The lowest BCUT2D eigenvalue weighted by Gasteiger charge is -2.11. The van der Waals surface area contributed by atoms with Crippen molar-refractivity contribution in [2.45, 2.75) is 16.7 Å². The Labute approximate surface area is 161 Å². The van der Waals surface area contributed by atoms with Gasteiger partial charge in [-0.1, -0.05) is 6.07 Å². The lowest BCUT2D eigenvalue weighted by atomic mass is 10.1. The van der Waals surface area contributed by atoms with Gasteiger partial charge in [0.2, 0.25) is 5.91 Å². The first-order valence-corrected chi connectivity index (χ1v) is 9.65. The number of halogens is 1. The molecule has 2 heterocycles. The second-order valence-electron chi connectivity index (χ2n) is 5.51. The van der Waals surface area contributed by atoms with Gasteiger partial charge in [0.05, 0.1) is 9.96 Å². The molecule has 3 rings (SSSR count). The predicted octanol–water partition coefficient (Wildman–Crippen LogP) is 2.99. The number of carbonyl (C=O) groups is 2. The molecular formula is C17H20ClN3O2S2. The zero-order chi connectivity index (χ0) is 16.8. The molecule has 3 N–H and O–H groups in total. The quantitative estimate of drug-likeness (QED) is 0.655. The number of nitrogens with one attached hydrogen (secondary N) is 3. The molecule has 1 aromatic carbocycles. The van der Waals surface area contributed by atoms with Gasteiger partial charge >= 0.3 is 0 Å². The van der Waals surface area contributed by atoms with E-state index in [0.717, 1.165) is 23.7 Å². The Morgan fingerprint density at radius 3 is 2.68 bits per heavy atom. The fourth-order valence-corrected chi connectivity index (χ4v) is 4.02. The first kappa shape index (κ1) is 19.8. The Kier molecular flexibility index (Phi) is 7.77. The molecule has 0 bridgehead atoms. The summed E-state index contributed by atoms with van der Waals surface area (Å²) in [5.41, 5.74) is 1.30. The Balaban J connectivity index is 0.00000225. The molecule has 0 spiro atoms. The fourth-order valence-electron chi connectivity index (χ4n) is 2.43. The van der Waals surface area contributed by atoms with Crippen LogP contribution in [0.1, 0.15) is 16.8 Å². The Morgan fingerprint density at radius 2 is 2.04 bits per heavy atom. The van der Waals surface area contributed by atoms with E-state index in [4.69, 9.17) is 0 Å². The van der Waals surface area contributed by atoms with E-state index in [-0.39, 0.29) is 30.3 Å². The number of thiophene rings is 1. The number of anilines is 1. The maximum absolute atomic E-state index is 12.1. The molecule has 0 saturated carbocycles. The van der Waals surface area contributed by atoms with Crippen LogP contribution < -0.4 is 16.0 Å². The zero-order valence-electron chi connectivity index (χ0n) is 13.5. The van der Waals surface area contributed by atoms with E-state index in [9.17, 15) is 9.59 Å². The summed E-state index contributed by atoms with van der Waals surface area (Å²) in [7, 11) is 0. The summed E-state index contributed by atoms with van der Waals surface area (Å²) in [5.74, 6) is 0.245. The molecule has 25 heavy (non-hydrogen) atoms. The van der Waals surface area contributed by atoms with Gasteiger partial charge in [0, 0.05) is 23.8 Å². The van der Waals surface area contributed by atoms with Gasteiger partial charge in [0.25, 0.3) is 5.91 Å².